The minimum Gasteiger partial charge on any atom is -1.00 e. The predicted molar refractivity (Wildman–Crippen MR) is 70.9 cm³/mol. The number of benzene rings is 1. The fourth-order valence-electron chi connectivity index (χ4n) is 1.39. The van der Waals surface area contributed by atoms with Crippen LogP contribution in [0.3, 0.4) is 0 Å². The average molecular weight is 343 g/mol. The summed E-state index contributed by atoms with van der Waals surface area (Å²) in [4.78, 5) is 21.4. The first-order valence-electron chi connectivity index (χ1n) is 5.38. The molecule has 112 valence electrons. The monoisotopic (exact) mass is 341 g/mol. The van der Waals surface area contributed by atoms with E-state index in [0.717, 1.165) is 5.56 Å². The molecule has 0 radical (unpaired) electrons. The molecule has 0 fully saturated rings. The second-order valence-corrected chi connectivity index (χ2v) is 4.74. The van der Waals surface area contributed by atoms with Crippen molar-refractivity contribution in [3.8, 4) is 0 Å². The van der Waals surface area contributed by atoms with Crippen molar-refractivity contribution in [2.45, 2.75) is 12.5 Å². The molecule has 0 unspecified atom stereocenters. The first kappa shape index (κ1) is 18.8. The Kier molecular flexibility index (Phi) is 8.33. The predicted octanol–water partition coefficient (Wildman–Crippen LogP) is -2.04. The van der Waals surface area contributed by atoms with Crippen LogP contribution < -0.4 is 29.2 Å². The molecule has 9 heteroatoms. The van der Waals surface area contributed by atoms with Gasteiger partial charge in [0.2, 0.25) is 0 Å². The number of primary amides is 1. The Morgan fingerprint density at radius 2 is 2.05 bits per heavy atom. The van der Waals surface area contributed by atoms with Crippen LogP contribution in [-0.2, 0) is 11.2 Å². The molecule has 0 saturated heterocycles. The highest BCUT2D eigenvalue weighted by molar-refractivity contribution is 6.35. The molecule has 0 saturated carbocycles. The normalized spacial score (nSPS) is 11.2. The van der Waals surface area contributed by atoms with Crippen molar-refractivity contribution in [3.63, 3.8) is 0 Å². The van der Waals surface area contributed by atoms with Gasteiger partial charge in [0.05, 0.1) is 0 Å². The van der Waals surface area contributed by atoms with Gasteiger partial charge in [0, 0.05) is 16.5 Å². The Hall–Kier alpha value is -1.21. The van der Waals surface area contributed by atoms with Gasteiger partial charge in [0.1, 0.15) is 12.6 Å². The zero-order valence-corrected chi connectivity index (χ0v) is 12.6. The topological polar surface area (TPSA) is 109 Å². The van der Waals surface area contributed by atoms with E-state index in [2.05, 4.69) is 5.73 Å². The molecule has 0 aliphatic heterocycles. The van der Waals surface area contributed by atoms with Crippen LogP contribution in [0, 0.1) is 0 Å². The molecule has 1 aromatic rings. The number of alkyl carbamates (subject to hydrolysis) is 1. The quantitative estimate of drug-likeness (QED) is 0.586. The van der Waals surface area contributed by atoms with Crippen LogP contribution >= 0.6 is 23.2 Å². The van der Waals surface area contributed by atoms with E-state index in [9.17, 15) is 9.59 Å². The lowest BCUT2D eigenvalue weighted by molar-refractivity contribution is -0.424. The second-order valence-electron chi connectivity index (χ2n) is 3.89. The summed E-state index contributed by atoms with van der Waals surface area (Å²) < 4.78 is 4.77. The van der Waals surface area contributed by atoms with E-state index in [1.807, 2.05) is 0 Å². The van der Waals surface area contributed by atoms with E-state index in [1.54, 1.807) is 23.5 Å². The Balaban J connectivity index is 0.00000361. The minimum atomic E-state index is -0.966. The van der Waals surface area contributed by atoms with Gasteiger partial charge >= 0.3 is 12.1 Å². The summed E-state index contributed by atoms with van der Waals surface area (Å²) in [6, 6.07) is 3.96. The third-order valence-corrected chi connectivity index (χ3v) is 2.79. The van der Waals surface area contributed by atoms with Crippen molar-refractivity contribution in [1.29, 1.82) is 0 Å². The summed E-state index contributed by atoms with van der Waals surface area (Å²) in [6.45, 7) is 0.0398. The Labute approximate surface area is 132 Å². The second kappa shape index (κ2) is 8.86. The molecule has 1 rings (SSSR count). The van der Waals surface area contributed by atoms with Gasteiger partial charge in [0.15, 0.2) is 0 Å². The first-order valence-corrected chi connectivity index (χ1v) is 6.14. The maximum Gasteiger partial charge on any atom is 0.415 e. The summed E-state index contributed by atoms with van der Waals surface area (Å²) in [5.41, 5.74) is 9.45. The summed E-state index contributed by atoms with van der Waals surface area (Å²) in [5, 5.41) is 2.87. The SMILES string of the molecule is NC(=O)NC(=O)OC[C@H]([NH3+])Cc1ccc(Cl)cc1Cl.[Cl-]. The summed E-state index contributed by atoms with van der Waals surface area (Å²) in [5.74, 6) is 0. The highest BCUT2D eigenvalue weighted by Crippen LogP contribution is 2.21. The van der Waals surface area contributed by atoms with Gasteiger partial charge in [-0.05, 0) is 17.7 Å². The number of halogens is 3. The number of ether oxygens (including phenoxy) is 1. The molecule has 3 amide bonds. The number of amides is 3. The zero-order chi connectivity index (χ0) is 14.4. The number of hydrogen-bond donors (Lipinski definition) is 3. The molecule has 20 heavy (non-hydrogen) atoms. The van der Waals surface area contributed by atoms with Crippen molar-refractivity contribution in [1.82, 2.24) is 5.32 Å². The van der Waals surface area contributed by atoms with E-state index in [-0.39, 0.29) is 25.1 Å². The third kappa shape index (κ3) is 6.81. The largest absolute Gasteiger partial charge is 1.00 e. The number of urea groups is 1. The summed E-state index contributed by atoms with van der Waals surface area (Å²) >= 11 is 11.8. The van der Waals surface area contributed by atoms with Gasteiger partial charge in [-0.15, -0.1) is 0 Å². The zero-order valence-electron chi connectivity index (χ0n) is 10.4. The van der Waals surface area contributed by atoms with Crippen LogP contribution in [-0.4, -0.2) is 24.8 Å². The van der Waals surface area contributed by atoms with E-state index >= 15 is 0 Å². The van der Waals surface area contributed by atoms with Crippen molar-refractivity contribution >= 4 is 35.3 Å². The Morgan fingerprint density at radius 1 is 1.40 bits per heavy atom. The third-order valence-electron chi connectivity index (χ3n) is 2.20. The molecule has 0 aromatic heterocycles. The Morgan fingerprint density at radius 3 is 2.60 bits per heavy atom. The van der Waals surface area contributed by atoms with Crippen molar-refractivity contribution in [2.75, 3.05) is 6.61 Å². The van der Waals surface area contributed by atoms with Crippen LogP contribution in [0.5, 0.6) is 0 Å². The average Bonchev–Trinajstić information content (AvgIpc) is 2.29. The van der Waals surface area contributed by atoms with E-state index < -0.39 is 12.1 Å². The molecule has 6 nitrogen and oxygen atoms in total. The fraction of sp³-hybridized carbons (Fsp3) is 0.273. The van der Waals surface area contributed by atoms with Gasteiger partial charge in [-0.3, -0.25) is 0 Å². The van der Waals surface area contributed by atoms with Gasteiger partial charge in [0.25, 0.3) is 0 Å². The standard InChI is InChI=1S/C11H13Cl2N3O3.ClH/c12-7-2-1-6(9(13)4-7)3-8(14)5-19-11(18)16-10(15)17;/h1-2,4,8H,3,5,14H2,(H3,15,16,17,18);1H/t8-;/m1./s1. The maximum atomic E-state index is 11.0. The highest BCUT2D eigenvalue weighted by Gasteiger charge is 2.14. The molecule has 0 aliphatic carbocycles. The van der Waals surface area contributed by atoms with Gasteiger partial charge in [-0.25, -0.2) is 14.9 Å². The van der Waals surface area contributed by atoms with Crippen molar-refractivity contribution in [2.24, 2.45) is 5.73 Å². The van der Waals surface area contributed by atoms with Gasteiger partial charge < -0.3 is 28.6 Å². The molecule has 6 N–H and O–H groups in total. The molecule has 1 aromatic carbocycles. The molecule has 1 atom stereocenters. The highest BCUT2D eigenvalue weighted by atomic mass is 35.5. The number of nitrogens with two attached hydrogens (primary N) is 1. The van der Waals surface area contributed by atoms with E-state index in [0.29, 0.717) is 16.5 Å². The van der Waals surface area contributed by atoms with Crippen LogP contribution in [0.4, 0.5) is 9.59 Å². The number of rotatable bonds is 4. The maximum absolute atomic E-state index is 11.0. The molecule has 0 heterocycles. The number of carbonyl (C=O) groups is 2. The van der Waals surface area contributed by atoms with Crippen molar-refractivity contribution < 1.29 is 32.5 Å². The number of nitrogens with one attached hydrogen (secondary N) is 1. The van der Waals surface area contributed by atoms with E-state index in [4.69, 9.17) is 33.7 Å². The molecule has 0 aliphatic rings. The van der Waals surface area contributed by atoms with Crippen LogP contribution in [0.2, 0.25) is 10.0 Å². The lowest BCUT2D eigenvalue weighted by Gasteiger charge is -2.10. The smallest absolute Gasteiger partial charge is 0.415 e. The minimum absolute atomic E-state index is 0. The van der Waals surface area contributed by atoms with Gasteiger partial charge in [-0.1, -0.05) is 29.3 Å². The van der Waals surface area contributed by atoms with Crippen molar-refractivity contribution in [3.05, 3.63) is 33.8 Å². The lowest BCUT2D eigenvalue weighted by atomic mass is 10.1. The number of quaternary nitrogens is 1. The lowest BCUT2D eigenvalue weighted by Crippen LogP contribution is -3.00. The van der Waals surface area contributed by atoms with Gasteiger partial charge in [-0.2, -0.15) is 0 Å². The number of hydrogen-bond acceptors (Lipinski definition) is 3. The fourth-order valence-corrected chi connectivity index (χ4v) is 1.87. The first-order chi connectivity index (χ1) is 8.88. The molecular weight excluding hydrogens is 328 g/mol. The molecular formula is C11H14Cl3N3O3. The van der Waals surface area contributed by atoms with Crippen LogP contribution in [0.1, 0.15) is 5.56 Å². The number of carbonyl (C=O) groups excluding carboxylic acids is 2. The van der Waals surface area contributed by atoms with Crippen LogP contribution in [0.15, 0.2) is 18.2 Å². The molecule has 0 spiro atoms. The molecule has 0 bridgehead atoms. The Bertz CT molecular complexity index is 485. The summed E-state index contributed by atoms with van der Waals surface area (Å²) in [7, 11) is 0. The summed E-state index contributed by atoms with van der Waals surface area (Å²) in [6.07, 6.45) is -0.386. The van der Waals surface area contributed by atoms with E-state index in [1.165, 1.54) is 0 Å². The number of imide groups is 1. The van der Waals surface area contributed by atoms with Crippen LogP contribution in [0.25, 0.3) is 0 Å².